The zero-order valence-corrected chi connectivity index (χ0v) is 18.9. The quantitative estimate of drug-likeness (QED) is 0.466. The first kappa shape index (κ1) is 29.1. The minimum atomic E-state index is -5.88. The molecule has 0 aliphatic carbocycles. The number of alkyl halides is 9. The van der Waals surface area contributed by atoms with Crippen molar-refractivity contribution < 1.29 is 49.0 Å². The van der Waals surface area contributed by atoms with Gasteiger partial charge in [-0.15, -0.1) is 12.4 Å². The summed E-state index contributed by atoms with van der Waals surface area (Å²) in [5, 5.41) is 0. The van der Waals surface area contributed by atoms with Gasteiger partial charge in [-0.05, 0) is 18.9 Å². The third kappa shape index (κ3) is 6.99. The number of piperazine rings is 1. The molecule has 1 atom stereocenters. The first-order valence-electron chi connectivity index (χ1n) is 10.4. The molecular weight excluding hydrogens is 521 g/mol. The van der Waals surface area contributed by atoms with E-state index in [2.05, 4.69) is 4.74 Å². The molecule has 2 aliphatic heterocycles. The van der Waals surface area contributed by atoms with E-state index < -0.39 is 62.9 Å². The molecule has 0 bridgehead atoms. The van der Waals surface area contributed by atoms with Crippen molar-refractivity contribution in [3.05, 3.63) is 29.8 Å². The zero-order valence-electron chi connectivity index (χ0n) is 18.1. The minimum Gasteiger partial charge on any atom is -0.426 e. The molecule has 1 aromatic carbocycles. The largest absolute Gasteiger partial charge is 0.434 e. The number of benzene rings is 1. The van der Waals surface area contributed by atoms with E-state index in [1.807, 2.05) is 4.90 Å². The Hall–Kier alpha value is -2.09. The van der Waals surface area contributed by atoms with Crippen molar-refractivity contribution in [2.24, 2.45) is 0 Å². The number of carbonyl (C=O) groups excluding carboxylic acids is 1. The van der Waals surface area contributed by atoms with Crippen molar-refractivity contribution in [1.82, 2.24) is 9.80 Å². The van der Waals surface area contributed by atoms with E-state index in [9.17, 15) is 44.3 Å². The monoisotopic (exact) mass is 543 g/mol. The van der Waals surface area contributed by atoms with Crippen LogP contribution >= 0.6 is 12.4 Å². The topological polar surface area (TPSA) is 36.0 Å². The SMILES string of the molecule is Cl.O=C(OC(C(F)(F)F)C(F)(F)F)N1CCN(C(c2ccccc2N2CCCC2)C(F)(F)F)CC1. The van der Waals surface area contributed by atoms with Crippen LogP contribution in [0.25, 0.3) is 0 Å². The van der Waals surface area contributed by atoms with Crippen LogP contribution < -0.4 is 4.90 Å². The second kappa shape index (κ2) is 10.9. The fraction of sp³-hybridized carbons (Fsp3) is 0.650. The highest BCUT2D eigenvalue weighted by molar-refractivity contribution is 5.85. The van der Waals surface area contributed by atoms with E-state index in [0.717, 1.165) is 17.7 Å². The van der Waals surface area contributed by atoms with E-state index in [1.54, 1.807) is 12.1 Å². The van der Waals surface area contributed by atoms with E-state index >= 15 is 0 Å². The van der Waals surface area contributed by atoms with Crippen molar-refractivity contribution in [3.8, 4) is 0 Å². The van der Waals surface area contributed by atoms with Crippen molar-refractivity contribution in [2.75, 3.05) is 44.2 Å². The molecule has 3 rings (SSSR count). The summed E-state index contributed by atoms with van der Waals surface area (Å²) in [6.45, 7) is -0.701. The zero-order chi connectivity index (χ0) is 25.3. The van der Waals surface area contributed by atoms with Gasteiger partial charge < -0.3 is 14.5 Å². The predicted octanol–water partition coefficient (Wildman–Crippen LogP) is 5.56. The Morgan fingerprint density at radius 1 is 0.771 bits per heavy atom. The molecule has 1 aromatic rings. The molecule has 2 saturated heterocycles. The van der Waals surface area contributed by atoms with Crippen LogP contribution in [0.3, 0.4) is 0 Å². The average molecular weight is 544 g/mol. The fourth-order valence-electron chi connectivity index (χ4n) is 4.20. The molecule has 0 aromatic heterocycles. The molecule has 2 aliphatic rings. The number of anilines is 1. The van der Waals surface area contributed by atoms with E-state index in [0.29, 0.717) is 23.7 Å². The van der Waals surface area contributed by atoms with Crippen LogP contribution in [-0.2, 0) is 4.74 Å². The lowest BCUT2D eigenvalue weighted by atomic mass is 10.0. The maximum Gasteiger partial charge on any atom is 0.434 e. The molecule has 200 valence electrons. The van der Waals surface area contributed by atoms with Gasteiger partial charge in [0.1, 0.15) is 6.04 Å². The van der Waals surface area contributed by atoms with Gasteiger partial charge in [-0.25, -0.2) is 4.79 Å². The summed E-state index contributed by atoms with van der Waals surface area (Å²) in [4.78, 5) is 15.3. The molecule has 2 heterocycles. The second-order valence-electron chi connectivity index (χ2n) is 8.07. The molecular formula is C20H23ClF9N3O2. The molecule has 0 spiro atoms. The van der Waals surface area contributed by atoms with Gasteiger partial charge in [0.05, 0.1) is 0 Å². The van der Waals surface area contributed by atoms with Crippen LogP contribution in [0, 0.1) is 0 Å². The van der Waals surface area contributed by atoms with Crippen molar-refractivity contribution >= 4 is 24.2 Å². The van der Waals surface area contributed by atoms with Crippen LogP contribution in [-0.4, -0.2) is 79.8 Å². The average Bonchev–Trinajstić information content (AvgIpc) is 3.25. The van der Waals surface area contributed by atoms with Gasteiger partial charge in [-0.1, -0.05) is 18.2 Å². The molecule has 5 nitrogen and oxygen atoms in total. The predicted molar refractivity (Wildman–Crippen MR) is 109 cm³/mol. The lowest BCUT2D eigenvalue weighted by molar-refractivity contribution is -0.308. The number of carbonyl (C=O) groups is 1. The summed E-state index contributed by atoms with van der Waals surface area (Å²) >= 11 is 0. The van der Waals surface area contributed by atoms with E-state index in [1.165, 1.54) is 12.1 Å². The van der Waals surface area contributed by atoms with Gasteiger partial charge in [0.2, 0.25) is 0 Å². The molecule has 0 radical (unpaired) electrons. The summed E-state index contributed by atoms with van der Waals surface area (Å²) in [6.07, 6.45) is -21.0. The molecule has 15 heteroatoms. The number of rotatable bonds is 4. The smallest absolute Gasteiger partial charge is 0.426 e. The third-order valence-corrected chi connectivity index (χ3v) is 5.74. The number of ether oxygens (including phenoxy) is 1. The highest BCUT2D eigenvalue weighted by Gasteiger charge is 2.60. The number of amides is 1. The Bertz CT molecular complexity index is 835. The van der Waals surface area contributed by atoms with Gasteiger partial charge in [0.25, 0.3) is 6.10 Å². The Kier molecular flexibility index (Phi) is 9.07. The second-order valence-corrected chi connectivity index (χ2v) is 8.07. The summed E-state index contributed by atoms with van der Waals surface area (Å²) < 4.78 is 122. The highest BCUT2D eigenvalue weighted by atomic mass is 35.5. The van der Waals surface area contributed by atoms with Crippen LogP contribution in [0.1, 0.15) is 24.4 Å². The Morgan fingerprint density at radius 2 is 1.29 bits per heavy atom. The number of para-hydroxylation sites is 1. The van der Waals surface area contributed by atoms with E-state index in [-0.39, 0.29) is 18.0 Å². The van der Waals surface area contributed by atoms with Crippen LogP contribution in [0.5, 0.6) is 0 Å². The van der Waals surface area contributed by atoms with Gasteiger partial charge in [0, 0.05) is 50.5 Å². The highest BCUT2D eigenvalue weighted by Crippen LogP contribution is 2.43. The Labute approximate surface area is 201 Å². The van der Waals surface area contributed by atoms with E-state index in [4.69, 9.17) is 0 Å². The van der Waals surface area contributed by atoms with Gasteiger partial charge in [0.15, 0.2) is 0 Å². The number of nitrogens with zero attached hydrogens (tertiary/aromatic N) is 3. The fourth-order valence-corrected chi connectivity index (χ4v) is 4.20. The third-order valence-electron chi connectivity index (χ3n) is 5.74. The molecule has 2 fully saturated rings. The summed E-state index contributed by atoms with van der Waals surface area (Å²) in [5.41, 5.74) is 0.421. The van der Waals surface area contributed by atoms with Crippen molar-refractivity contribution in [3.63, 3.8) is 0 Å². The Balaban J connectivity index is 0.00000432. The number of halogens is 10. The lowest BCUT2D eigenvalue weighted by Gasteiger charge is -2.41. The van der Waals surface area contributed by atoms with Crippen molar-refractivity contribution in [2.45, 2.75) is 43.5 Å². The lowest BCUT2D eigenvalue weighted by Crippen LogP contribution is -2.54. The molecule has 1 amide bonds. The summed E-state index contributed by atoms with van der Waals surface area (Å²) in [6, 6.07) is 3.97. The summed E-state index contributed by atoms with van der Waals surface area (Å²) in [7, 11) is 0. The maximum atomic E-state index is 14.1. The Morgan fingerprint density at radius 3 is 1.77 bits per heavy atom. The molecule has 0 saturated carbocycles. The van der Waals surface area contributed by atoms with Gasteiger partial charge >= 0.3 is 24.6 Å². The van der Waals surface area contributed by atoms with Gasteiger partial charge in [-0.3, -0.25) is 4.90 Å². The van der Waals surface area contributed by atoms with Crippen LogP contribution in [0.15, 0.2) is 24.3 Å². The standard InChI is InChI=1S/C20H22F9N3O2.ClH/c21-18(22,23)15(13-5-1-2-6-14(13)30-7-3-4-8-30)31-9-11-32(12-10-31)17(33)34-16(19(24,25)26)20(27,28)29;/h1-2,5-6,15-16H,3-4,7-12H2;1H. The summed E-state index contributed by atoms with van der Waals surface area (Å²) in [5.74, 6) is 0. The van der Waals surface area contributed by atoms with Crippen molar-refractivity contribution in [1.29, 1.82) is 0 Å². The molecule has 0 N–H and O–H groups in total. The van der Waals surface area contributed by atoms with Gasteiger partial charge in [-0.2, -0.15) is 39.5 Å². The van der Waals surface area contributed by atoms with Crippen LogP contribution in [0.4, 0.5) is 50.0 Å². The minimum absolute atomic E-state index is 0. The molecule has 35 heavy (non-hydrogen) atoms. The number of hydrogen-bond donors (Lipinski definition) is 0. The van der Waals surface area contributed by atoms with Crippen LogP contribution in [0.2, 0.25) is 0 Å². The normalized spacial score (nSPS) is 19.0. The number of hydrogen-bond acceptors (Lipinski definition) is 4. The first-order valence-corrected chi connectivity index (χ1v) is 10.4. The first-order chi connectivity index (χ1) is 15.7. The molecule has 1 unspecified atom stereocenters. The maximum absolute atomic E-state index is 14.1.